The Kier molecular flexibility index (Phi) is 7.19. The standard InChI is InChI=1S/C26H31N5O2/c1-19(2)26-27-20(3)16-24(29-26)31-14-12-30(13-15-31)18-25(32)28-21-8-7-11-23(17-21)33-22-9-5-4-6-10-22/h4-11,16-17,19H,12-15,18H2,1-3H3,(H,28,32). The fourth-order valence-corrected chi connectivity index (χ4v) is 3.80. The van der Waals surface area contributed by atoms with Crippen LogP contribution in [0.4, 0.5) is 11.5 Å². The Bertz CT molecular complexity index is 1080. The van der Waals surface area contributed by atoms with E-state index in [1.54, 1.807) is 0 Å². The van der Waals surface area contributed by atoms with Gasteiger partial charge in [-0.05, 0) is 31.2 Å². The van der Waals surface area contributed by atoms with Crippen LogP contribution in [-0.2, 0) is 4.79 Å². The van der Waals surface area contributed by atoms with Crippen molar-refractivity contribution >= 4 is 17.4 Å². The highest BCUT2D eigenvalue weighted by Crippen LogP contribution is 2.24. The van der Waals surface area contributed by atoms with Gasteiger partial charge in [-0.15, -0.1) is 0 Å². The Morgan fingerprint density at radius 1 is 0.970 bits per heavy atom. The van der Waals surface area contributed by atoms with Gasteiger partial charge in [0.25, 0.3) is 0 Å². The largest absolute Gasteiger partial charge is 0.457 e. The van der Waals surface area contributed by atoms with Gasteiger partial charge < -0.3 is 15.0 Å². The van der Waals surface area contributed by atoms with Crippen LogP contribution in [0.5, 0.6) is 11.5 Å². The lowest BCUT2D eigenvalue weighted by molar-refractivity contribution is -0.117. The van der Waals surface area contributed by atoms with Crippen molar-refractivity contribution < 1.29 is 9.53 Å². The maximum Gasteiger partial charge on any atom is 0.238 e. The third kappa shape index (κ3) is 6.29. The lowest BCUT2D eigenvalue weighted by Crippen LogP contribution is -2.49. The first kappa shape index (κ1) is 22.7. The maximum absolute atomic E-state index is 12.6. The quantitative estimate of drug-likeness (QED) is 0.579. The van der Waals surface area contributed by atoms with E-state index >= 15 is 0 Å². The SMILES string of the molecule is Cc1cc(N2CCN(CC(=O)Nc3cccc(Oc4ccccc4)c3)CC2)nc(C(C)C)n1. The molecule has 0 bridgehead atoms. The fourth-order valence-electron chi connectivity index (χ4n) is 3.80. The number of hydrogen-bond donors (Lipinski definition) is 1. The van der Waals surface area contributed by atoms with Gasteiger partial charge in [0, 0.05) is 55.6 Å². The maximum atomic E-state index is 12.6. The van der Waals surface area contributed by atoms with Gasteiger partial charge in [-0.25, -0.2) is 9.97 Å². The van der Waals surface area contributed by atoms with Crippen molar-refractivity contribution in [1.29, 1.82) is 0 Å². The van der Waals surface area contributed by atoms with Gasteiger partial charge in [0.2, 0.25) is 5.91 Å². The van der Waals surface area contributed by atoms with E-state index in [-0.39, 0.29) is 5.91 Å². The highest BCUT2D eigenvalue weighted by Gasteiger charge is 2.21. The zero-order valence-corrected chi connectivity index (χ0v) is 19.5. The van der Waals surface area contributed by atoms with Crippen LogP contribution in [0.2, 0.25) is 0 Å². The van der Waals surface area contributed by atoms with E-state index in [0.717, 1.165) is 55.0 Å². The summed E-state index contributed by atoms with van der Waals surface area (Å²) in [5.41, 5.74) is 1.72. The van der Waals surface area contributed by atoms with E-state index in [1.807, 2.05) is 67.6 Å². The summed E-state index contributed by atoms with van der Waals surface area (Å²) in [6, 6.07) is 19.1. The number of ether oxygens (including phenoxy) is 1. The van der Waals surface area contributed by atoms with Crippen LogP contribution < -0.4 is 15.0 Å². The van der Waals surface area contributed by atoms with Crippen molar-refractivity contribution in [3.63, 3.8) is 0 Å². The van der Waals surface area contributed by atoms with Crippen molar-refractivity contribution in [1.82, 2.24) is 14.9 Å². The third-order valence-electron chi connectivity index (χ3n) is 5.53. The van der Waals surface area contributed by atoms with Crippen LogP contribution in [0, 0.1) is 6.92 Å². The number of nitrogens with one attached hydrogen (secondary N) is 1. The minimum atomic E-state index is -0.0275. The molecule has 0 unspecified atom stereocenters. The number of nitrogens with zero attached hydrogens (tertiary/aromatic N) is 4. The van der Waals surface area contributed by atoms with Crippen LogP contribution in [0.3, 0.4) is 0 Å². The molecule has 1 aliphatic heterocycles. The minimum Gasteiger partial charge on any atom is -0.457 e. The van der Waals surface area contributed by atoms with E-state index in [0.29, 0.717) is 18.2 Å². The summed E-state index contributed by atoms with van der Waals surface area (Å²) in [7, 11) is 0. The number of aromatic nitrogens is 2. The summed E-state index contributed by atoms with van der Waals surface area (Å²) in [5, 5.41) is 2.99. The third-order valence-corrected chi connectivity index (χ3v) is 5.53. The van der Waals surface area contributed by atoms with Gasteiger partial charge in [-0.3, -0.25) is 9.69 Å². The van der Waals surface area contributed by atoms with E-state index in [4.69, 9.17) is 9.72 Å². The molecule has 1 aromatic heterocycles. The number of anilines is 2. The minimum absolute atomic E-state index is 0.0275. The Morgan fingerprint density at radius 3 is 2.42 bits per heavy atom. The van der Waals surface area contributed by atoms with Crippen LogP contribution in [0.15, 0.2) is 60.7 Å². The second-order valence-corrected chi connectivity index (χ2v) is 8.63. The summed E-state index contributed by atoms with van der Waals surface area (Å²) in [6.45, 7) is 9.88. The smallest absolute Gasteiger partial charge is 0.238 e. The molecule has 0 radical (unpaired) electrons. The molecule has 4 rings (SSSR count). The fraction of sp³-hybridized carbons (Fsp3) is 0.346. The van der Waals surface area contributed by atoms with E-state index in [1.165, 1.54) is 0 Å². The lowest BCUT2D eigenvalue weighted by Gasteiger charge is -2.35. The molecule has 2 heterocycles. The van der Waals surface area contributed by atoms with Crippen molar-refractivity contribution in [2.75, 3.05) is 42.9 Å². The van der Waals surface area contributed by atoms with Gasteiger partial charge in [0.1, 0.15) is 23.1 Å². The van der Waals surface area contributed by atoms with Crippen LogP contribution in [0.1, 0.15) is 31.3 Å². The van der Waals surface area contributed by atoms with Gasteiger partial charge in [0.15, 0.2) is 0 Å². The zero-order valence-electron chi connectivity index (χ0n) is 19.5. The number of amides is 1. The molecule has 1 aliphatic rings. The molecule has 3 aromatic rings. The Morgan fingerprint density at radius 2 is 1.70 bits per heavy atom. The van der Waals surface area contributed by atoms with Crippen LogP contribution in [-0.4, -0.2) is 53.5 Å². The number of carbonyl (C=O) groups is 1. The topological polar surface area (TPSA) is 70.6 Å². The van der Waals surface area contributed by atoms with Crippen molar-refractivity contribution in [3.8, 4) is 11.5 Å². The number of aryl methyl sites for hydroxylation is 1. The number of benzene rings is 2. The second-order valence-electron chi connectivity index (χ2n) is 8.63. The molecule has 172 valence electrons. The molecule has 0 aliphatic carbocycles. The van der Waals surface area contributed by atoms with Gasteiger partial charge in [-0.1, -0.05) is 38.1 Å². The Hall–Kier alpha value is -3.45. The molecule has 7 heteroatoms. The zero-order chi connectivity index (χ0) is 23.2. The molecular weight excluding hydrogens is 414 g/mol. The molecule has 7 nitrogen and oxygen atoms in total. The molecule has 1 saturated heterocycles. The molecule has 0 spiro atoms. The second kappa shape index (κ2) is 10.4. The predicted molar refractivity (Wildman–Crippen MR) is 131 cm³/mol. The lowest BCUT2D eigenvalue weighted by atomic mass is 10.2. The average molecular weight is 446 g/mol. The van der Waals surface area contributed by atoms with Crippen molar-refractivity contribution in [2.45, 2.75) is 26.7 Å². The number of piperazine rings is 1. The predicted octanol–water partition coefficient (Wildman–Crippen LogP) is 4.46. The van der Waals surface area contributed by atoms with Crippen LogP contribution in [0.25, 0.3) is 0 Å². The monoisotopic (exact) mass is 445 g/mol. The summed E-state index contributed by atoms with van der Waals surface area (Å²) in [6.07, 6.45) is 0. The Labute approximate surface area is 195 Å². The molecular formula is C26H31N5O2. The number of para-hydroxylation sites is 1. The average Bonchev–Trinajstić information content (AvgIpc) is 2.80. The van der Waals surface area contributed by atoms with Gasteiger partial charge in [0.05, 0.1) is 6.54 Å². The van der Waals surface area contributed by atoms with Gasteiger partial charge in [-0.2, -0.15) is 0 Å². The summed E-state index contributed by atoms with van der Waals surface area (Å²) >= 11 is 0. The Balaban J connectivity index is 1.29. The van der Waals surface area contributed by atoms with E-state index in [9.17, 15) is 4.79 Å². The van der Waals surface area contributed by atoms with Crippen molar-refractivity contribution in [2.24, 2.45) is 0 Å². The van der Waals surface area contributed by atoms with Crippen LogP contribution >= 0.6 is 0 Å². The summed E-state index contributed by atoms with van der Waals surface area (Å²) < 4.78 is 5.86. The highest BCUT2D eigenvalue weighted by molar-refractivity contribution is 5.92. The number of hydrogen-bond acceptors (Lipinski definition) is 6. The highest BCUT2D eigenvalue weighted by atomic mass is 16.5. The van der Waals surface area contributed by atoms with Crippen molar-refractivity contribution in [3.05, 3.63) is 72.2 Å². The summed E-state index contributed by atoms with van der Waals surface area (Å²) in [5.74, 6) is 3.58. The normalized spacial score (nSPS) is 14.4. The molecule has 1 N–H and O–H groups in total. The number of carbonyl (C=O) groups excluding carboxylic acids is 1. The summed E-state index contributed by atoms with van der Waals surface area (Å²) in [4.78, 5) is 26.4. The molecule has 33 heavy (non-hydrogen) atoms. The van der Waals surface area contributed by atoms with E-state index in [2.05, 4.69) is 33.9 Å². The first-order chi connectivity index (χ1) is 16.0. The molecule has 1 amide bonds. The molecule has 0 saturated carbocycles. The molecule has 0 atom stereocenters. The first-order valence-electron chi connectivity index (χ1n) is 11.4. The number of rotatable bonds is 7. The first-order valence-corrected chi connectivity index (χ1v) is 11.4. The van der Waals surface area contributed by atoms with Gasteiger partial charge >= 0.3 is 0 Å². The van der Waals surface area contributed by atoms with E-state index < -0.39 is 0 Å². The molecule has 1 fully saturated rings. The molecule has 2 aromatic carbocycles.